The molecule has 0 radical (unpaired) electrons. The van der Waals surface area contributed by atoms with Crippen molar-refractivity contribution in [2.75, 3.05) is 19.8 Å². The maximum atomic E-state index is 6.40. The van der Waals surface area contributed by atoms with Crippen molar-refractivity contribution in [2.45, 2.75) is 89.3 Å². The van der Waals surface area contributed by atoms with Crippen LogP contribution in [-0.4, -0.2) is 37.5 Å². The van der Waals surface area contributed by atoms with Gasteiger partial charge in [-0.2, -0.15) is 0 Å². The lowest BCUT2D eigenvalue weighted by Crippen LogP contribution is -2.52. The van der Waals surface area contributed by atoms with Crippen LogP contribution < -0.4 is 0 Å². The summed E-state index contributed by atoms with van der Waals surface area (Å²) in [5.41, 5.74) is 0. The van der Waals surface area contributed by atoms with Gasteiger partial charge in [0, 0.05) is 19.4 Å². The van der Waals surface area contributed by atoms with E-state index in [4.69, 9.17) is 18.9 Å². The normalized spacial score (nSPS) is 39.3. The van der Waals surface area contributed by atoms with Gasteiger partial charge in [-0.3, -0.25) is 0 Å². The molecular weight excluding hydrogens is 280 g/mol. The predicted octanol–water partition coefficient (Wildman–Crippen LogP) is 4.02. The van der Waals surface area contributed by atoms with Crippen molar-refractivity contribution in [1.29, 1.82) is 0 Å². The van der Waals surface area contributed by atoms with E-state index < -0.39 is 11.6 Å². The third kappa shape index (κ3) is 3.35. The molecule has 1 aliphatic carbocycles. The first-order chi connectivity index (χ1) is 10.7. The average Bonchev–Trinajstić information content (AvgIpc) is 2.85. The van der Waals surface area contributed by atoms with Crippen LogP contribution in [0.15, 0.2) is 0 Å². The first-order valence-corrected chi connectivity index (χ1v) is 9.31. The maximum absolute atomic E-state index is 6.40. The molecule has 2 bridgehead atoms. The Hall–Kier alpha value is -0.160. The smallest absolute Gasteiger partial charge is 0.198 e. The Balaban J connectivity index is 1.60. The molecule has 2 aliphatic heterocycles. The van der Waals surface area contributed by atoms with Gasteiger partial charge in [0.25, 0.3) is 0 Å². The van der Waals surface area contributed by atoms with E-state index in [0.29, 0.717) is 19.1 Å². The Morgan fingerprint density at radius 1 is 1.09 bits per heavy atom. The summed E-state index contributed by atoms with van der Waals surface area (Å²) in [7, 11) is 0. The van der Waals surface area contributed by atoms with Crippen LogP contribution >= 0.6 is 0 Å². The lowest BCUT2D eigenvalue weighted by molar-refractivity contribution is -0.330. The van der Waals surface area contributed by atoms with E-state index in [1.165, 1.54) is 32.1 Å². The van der Waals surface area contributed by atoms with Crippen molar-refractivity contribution >= 4 is 0 Å². The predicted molar refractivity (Wildman–Crippen MR) is 84.6 cm³/mol. The van der Waals surface area contributed by atoms with Gasteiger partial charge < -0.3 is 18.9 Å². The Morgan fingerprint density at radius 3 is 2.64 bits per heavy atom. The van der Waals surface area contributed by atoms with Crippen LogP contribution in [0, 0.1) is 5.92 Å². The molecule has 128 valence electrons. The summed E-state index contributed by atoms with van der Waals surface area (Å²) in [4.78, 5) is 0. The first-order valence-electron chi connectivity index (χ1n) is 9.31. The fraction of sp³-hybridized carbons (Fsp3) is 1.00. The van der Waals surface area contributed by atoms with Crippen LogP contribution in [0.2, 0.25) is 0 Å². The number of rotatable bonds is 7. The second kappa shape index (κ2) is 7.16. The maximum Gasteiger partial charge on any atom is 0.198 e. The number of hydrogen-bond donors (Lipinski definition) is 0. The quantitative estimate of drug-likeness (QED) is 0.711. The second-order valence-corrected chi connectivity index (χ2v) is 7.16. The molecule has 1 unspecified atom stereocenters. The van der Waals surface area contributed by atoms with Crippen molar-refractivity contribution < 1.29 is 18.9 Å². The molecule has 1 saturated carbocycles. The number of fused-ring (bicyclic) bond motifs is 2. The van der Waals surface area contributed by atoms with Crippen LogP contribution in [0.4, 0.5) is 0 Å². The standard InChI is InChI=1S/C18H32O4/c1-3-11-18-16(19-4-2)10-12-17(22-18,14-21-18)20-13-15-8-6-5-7-9-15/h15-16H,3-14H2,1-2H3/t16-,17-,18?/m1/s1. The van der Waals surface area contributed by atoms with E-state index in [-0.39, 0.29) is 6.10 Å². The highest BCUT2D eigenvalue weighted by Crippen LogP contribution is 2.47. The second-order valence-electron chi connectivity index (χ2n) is 7.16. The van der Waals surface area contributed by atoms with E-state index in [0.717, 1.165) is 32.3 Å². The molecule has 0 aromatic heterocycles. The van der Waals surface area contributed by atoms with Gasteiger partial charge in [0.1, 0.15) is 12.7 Å². The molecule has 3 fully saturated rings. The fourth-order valence-corrected chi connectivity index (χ4v) is 4.27. The van der Waals surface area contributed by atoms with Gasteiger partial charge in [-0.15, -0.1) is 0 Å². The topological polar surface area (TPSA) is 36.9 Å². The molecular formula is C18H32O4. The van der Waals surface area contributed by atoms with Crippen molar-refractivity contribution in [1.82, 2.24) is 0 Å². The minimum absolute atomic E-state index is 0.0476. The minimum atomic E-state index is -0.574. The molecule has 3 aliphatic rings. The van der Waals surface area contributed by atoms with E-state index in [1.54, 1.807) is 0 Å². The van der Waals surface area contributed by atoms with Gasteiger partial charge in [-0.25, -0.2) is 0 Å². The van der Waals surface area contributed by atoms with Gasteiger partial charge in [0.15, 0.2) is 11.6 Å². The Kier molecular flexibility index (Phi) is 5.43. The highest BCUT2D eigenvalue weighted by Gasteiger charge is 2.59. The molecule has 0 N–H and O–H groups in total. The van der Waals surface area contributed by atoms with Crippen LogP contribution in [0.5, 0.6) is 0 Å². The Morgan fingerprint density at radius 2 is 1.91 bits per heavy atom. The number of hydrogen-bond acceptors (Lipinski definition) is 4. The highest BCUT2D eigenvalue weighted by atomic mass is 16.8. The van der Waals surface area contributed by atoms with E-state index >= 15 is 0 Å². The SMILES string of the molecule is CCCC12OC[C@@](OCC3CCCCC3)(CC[C@H]1OCC)O2. The number of ether oxygens (including phenoxy) is 4. The van der Waals surface area contributed by atoms with Gasteiger partial charge in [-0.1, -0.05) is 32.6 Å². The van der Waals surface area contributed by atoms with E-state index in [1.807, 2.05) is 6.92 Å². The molecule has 0 amide bonds. The van der Waals surface area contributed by atoms with Crippen molar-refractivity contribution in [2.24, 2.45) is 5.92 Å². The first kappa shape index (κ1) is 16.7. The van der Waals surface area contributed by atoms with Gasteiger partial charge in [-0.05, 0) is 32.1 Å². The largest absolute Gasteiger partial charge is 0.373 e. The van der Waals surface area contributed by atoms with Crippen molar-refractivity contribution in [3.63, 3.8) is 0 Å². The molecule has 0 spiro atoms. The third-order valence-corrected chi connectivity index (χ3v) is 5.45. The zero-order chi connectivity index (χ0) is 15.5. The summed E-state index contributed by atoms with van der Waals surface area (Å²) in [5, 5.41) is 0. The van der Waals surface area contributed by atoms with E-state index in [9.17, 15) is 0 Å². The molecule has 2 heterocycles. The lowest BCUT2D eigenvalue weighted by atomic mass is 9.90. The zero-order valence-corrected chi connectivity index (χ0v) is 14.3. The lowest BCUT2D eigenvalue weighted by Gasteiger charge is -2.43. The fourth-order valence-electron chi connectivity index (χ4n) is 4.27. The van der Waals surface area contributed by atoms with Crippen LogP contribution in [0.1, 0.15) is 71.6 Å². The molecule has 0 aromatic rings. The van der Waals surface area contributed by atoms with Gasteiger partial charge >= 0.3 is 0 Å². The molecule has 0 aromatic carbocycles. The zero-order valence-electron chi connectivity index (χ0n) is 14.3. The van der Waals surface area contributed by atoms with Gasteiger partial charge in [0.05, 0.1) is 6.61 Å². The summed E-state index contributed by atoms with van der Waals surface area (Å²) >= 11 is 0. The average molecular weight is 312 g/mol. The molecule has 4 heteroatoms. The van der Waals surface area contributed by atoms with Crippen LogP contribution in [-0.2, 0) is 18.9 Å². The van der Waals surface area contributed by atoms with E-state index in [2.05, 4.69) is 6.92 Å². The Bertz CT molecular complexity index is 351. The van der Waals surface area contributed by atoms with Gasteiger partial charge in [0.2, 0.25) is 0 Å². The Labute approximate surface area is 134 Å². The molecule has 22 heavy (non-hydrogen) atoms. The minimum Gasteiger partial charge on any atom is -0.373 e. The summed E-state index contributed by atoms with van der Waals surface area (Å²) in [6, 6.07) is 0. The summed E-state index contributed by atoms with van der Waals surface area (Å²) < 4.78 is 24.7. The van der Waals surface area contributed by atoms with Crippen LogP contribution in [0.25, 0.3) is 0 Å². The summed E-state index contributed by atoms with van der Waals surface area (Å²) in [5.74, 6) is -0.381. The monoisotopic (exact) mass is 312 g/mol. The van der Waals surface area contributed by atoms with Crippen LogP contribution in [0.3, 0.4) is 0 Å². The molecule has 3 atom stereocenters. The van der Waals surface area contributed by atoms with Crippen molar-refractivity contribution in [3.05, 3.63) is 0 Å². The highest BCUT2D eigenvalue weighted by molar-refractivity contribution is 4.96. The summed E-state index contributed by atoms with van der Waals surface area (Å²) in [6.07, 6.45) is 10.5. The molecule has 2 saturated heterocycles. The molecule has 4 nitrogen and oxygen atoms in total. The third-order valence-electron chi connectivity index (χ3n) is 5.45. The summed E-state index contributed by atoms with van der Waals surface area (Å²) in [6.45, 7) is 6.30. The molecule has 3 rings (SSSR count). The van der Waals surface area contributed by atoms with Crippen molar-refractivity contribution in [3.8, 4) is 0 Å².